The summed E-state index contributed by atoms with van der Waals surface area (Å²) in [6.45, 7) is 1.92. The maximum atomic E-state index is 13.1. The number of hydrogen-bond acceptors (Lipinski definition) is 3. The lowest BCUT2D eigenvalue weighted by Gasteiger charge is -2.44. The maximum absolute atomic E-state index is 13.1. The number of aliphatic carboxylic acids is 1. The summed E-state index contributed by atoms with van der Waals surface area (Å²) in [6, 6.07) is 9.11. The van der Waals surface area contributed by atoms with E-state index in [4.69, 9.17) is 0 Å². The summed E-state index contributed by atoms with van der Waals surface area (Å²) in [5.74, 6) is -0.430. The molecule has 112 valence electrons. The van der Waals surface area contributed by atoms with Gasteiger partial charge in [-0.3, -0.25) is 4.79 Å². The number of carbonyl (C=O) groups is 2. The summed E-state index contributed by atoms with van der Waals surface area (Å²) < 4.78 is 0. The van der Waals surface area contributed by atoms with Gasteiger partial charge in [-0.25, -0.2) is 4.79 Å². The first-order valence-corrected chi connectivity index (χ1v) is 8.34. The fourth-order valence-electron chi connectivity index (χ4n) is 3.30. The molecule has 2 atom stereocenters. The van der Waals surface area contributed by atoms with Crippen LogP contribution in [0.1, 0.15) is 31.7 Å². The van der Waals surface area contributed by atoms with Crippen LogP contribution in [0.25, 0.3) is 0 Å². The van der Waals surface area contributed by atoms with Crippen molar-refractivity contribution in [2.24, 2.45) is 0 Å². The molecule has 1 amide bonds. The Kier molecular flexibility index (Phi) is 3.69. The Morgan fingerprint density at radius 1 is 1.29 bits per heavy atom. The fraction of sp³-hybridized carbons (Fsp3) is 0.500. The highest BCUT2D eigenvalue weighted by Crippen LogP contribution is 2.47. The van der Waals surface area contributed by atoms with Gasteiger partial charge in [0.1, 0.15) is 6.04 Å². The molecule has 1 N–H and O–H groups in total. The molecule has 1 saturated carbocycles. The topological polar surface area (TPSA) is 57.6 Å². The van der Waals surface area contributed by atoms with E-state index in [2.05, 4.69) is 0 Å². The number of amides is 1. The van der Waals surface area contributed by atoms with Crippen molar-refractivity contribution in [2.45, 2.75) is 43.0 Å². The smallest absolute Gasteiger partial charge is 0.327 e. The highest BCUT2D eigenvalue weighted by atomic mass is 32.2. The summed E-state index contributed by atoms with van der Waals surface area (Å²) in [5.41, 5.74) is 0.517. The van der Waals surface area contributed by atoms with Crippen LogP contribution in [0.5, 0.6) is 0 Å². The van der Waals surface area contributed by atoms with Gasteiger partial charge >= 0.3 is 5.97 Å². The van der Waals surface area contributed by atoms with Gasteiger partial charge in [-0.15, -0.1) is 11.8 Å². The third-order valence-electron chi connectivity index (χ3n) is 4.69. The molecule has 1 aliphatic carbocycles. The molecule has 0 spiro atoms. The molecule has 2 aliphatic rings. The third kappa shape index (κ3) is 2.24. The number of thioether (sulfide) groups is 1. The van der Waals surface area contributed by atoms with E-state index in [-0.39, 0.29) is 11.3 Å². The highest BCUT2D eigenvalue weighted by Gasteiger charge is 2.52. The predicted molar refractivity (Wildman–Crippen MR) is 82.2 cm³/mol. The zero-order valence-corrected chi connectivity index (χ0v) is 12.8. The van der Waals surface area contributed by atoms with Crippen LogP contribution in [0.4, 0.5) is 0 Å². The Bertz CT molecular complexity index is 556. The second-order valence-corrected chi connectivity index (χ2v) is 7.15. The first-order chi connectivity index (χ1) is 10.1. The van der Waals surface area contributed by atoms with Gasteiger partial charge in [0.2, 0.25) is 5.91 Å². The van der Waals surface area contributed by atoms with Crippen LogP contribution < -0.4 is 0 Å². The molecule has 0 bridgehead atoms. The minimum atomic E-state index is -0.900. The Morgan fingerprint density at radius 3 is 2.48 bits per heavy atom. The van der Waals surface area contributed by atoms with Crippen molar-refractivity contribution in [3.05, 3.63) is 35.9 Å². The monoisotopic (exact) mass is 305 g/mol. The van der Waals surface area contributed by atoms with Gasteiger partial charge in [0.15, 0.2) is 0 Å². The summed E-state index contributed by atoms with van der Waals surface area (Å²) in [7, 11) is 0. The Labute approximate surface area is 128 Å². The van der Waals surface area contributed by atoms with Crippen molar-refractivity contribution in [1.82, 2.24) is 4.90 Å². The first-order valence-electron chi connectivity index (χ1n) is 7.29. The van der Waals surface area contributed by atoms with E-state index in [1.807, 2.05) is 37.3 Å². The van der Waals surface area contributed by atoms with Crippen LogP contribution >= 0.6 is 11.8 Å². The molecule has 4 nitrogen and oxygen atoms in total. The molecule has 21 heavy (non-hydrogen) atoms. The Balaban J connectivity index is 1.94. The zero-order chi connectivity index (χ0) is 15.0. The molecule has 1 heterocycles. The van der Waals surface area contributed by atoms with Gasteiger partial charge < -0.3 is 10.0 Å². The second kappa shape index (κ2) is 5.37. The van der Waals surface area contributed by atoms with E-state index in [1.165, 1.54) is 0 Å². The van der Waals surface area contributed by atoms with Crippen molar-refractivity contribution in [3.8, 4) is 0 Å². The van der Waals surface area contributed by atoms with Crippen molar-refractivity contribution >= 4 is 23.6 Å². The lowest BCUT2D eigenvalue weighted by Crippen LogP contribution is -2.56. The number of carbonyl (C=O) groups excluding carboxylic acids is 1. The molecule has 0 aromatic heterocycles. The van der Waals surface area contributed by atoms with Crippen LogP contribution in [0.15, 0.2) is 30.3 Å². The van der Waals surface area contributed by atoms with Crippen LogP contribution in [0.2, 0.25) is 0 Å². The number of hydrogen-bond donors (Lipinski definition) is 1. The molecule has 5 heteroatoms. The lowest BCUT2D eigenvalue weighted by atomic mass is 9.63. The van der Waals surface area contributed by atoms with Gasteiger partial charge in [-0.2, -0.15) is 0 Å². The molecule has 1 aliphatic heterocycles. The average molecular weight is 305 g/mol. The SMILES string of the molecule is CC1SCC(C(=O)O)N1C(=O)C1(c2ccccc2)CCC1. The minimum Gasteiger partial charge on any atom is -0.480 e. The molecule has 2 unspecified atom stereocenters. The van der Waals surface area contributed by atoms with E-state index < -0.39 is 17.4 Å². The van der Waals surface area contributed by atoms with Gasteiger partial charge in [-0.05, 0) is 25.3 Å². The number of benzene rings is 1. The number of carboxylic acids is 1. The van der Waals surface area contributed by atoms with Crippen LogP contribution in [-0.4, -0.2) is 39.1 Å². The molecular weight excluding hydrogens is 286 g/mol. The lowest BCUT2D eigenvalue weighted by molar-refractivity contribution is -0.153. The average Bonchev–Trinajstić information content (AvgIpc) is 2.80. The highest BCUT2D eigenvalue weighted by molar-refractivity contribution is 8.00. The fourth-order valence-corrected chi connectivity index (χ4v) is 4.47. The standard InChI is InChI=1S/C16H19NO3S/c1-11-17(13(10-21-11)14(18)19)15(20)16(8-5-9-16)12-6-3-2-4-7-12/h2-4,6-7,11,13H,5,8-10H2,1H3,(H,18,19). The number of carboxylic acid groups (broad SMARTS) is 1. The van der Waals surface area contributed by atoms with Crippen LogP contribution in [-0.2, 0) is 15.0 Å². The number of nitrogens with zero attached hydrogens (tertiary/aromatic N) is 1. The normalized spacial score (nSPS) is 27.2. The van der Waals surface area contributed by atoms with E-state index in [0.717, 1.165) is 24.8 Å². The summed E-state index contributed by atoms with van der Waals surface area (Å²) in [6.07, 6.45) is 2.65. The second-order valence-electron chi connectivity index (χ2n) is 5.80. The molecule has 1 saturated heterocycles. The van der Waals surface area contributed by atoms with E-state index >= 15 is 0 Å². The van der Waals surface area contributed by atoms with Crippen LogP contribution in [0.3, 0.4) is 0 Å². The van der Waals surface area contributed by atoms with Crippen LogP contribution in [0, 0.1) is 0 Å². The quantitative estimate of drug-likeness (QED) is 0.932. The van der Waals surface area contributed by atoms with Crippen molar-refractivity contribution in [2.75, 3.05) is 5.75 Å². The summed E-state index contributed by atoms with van der Waals surface area (Å²) >= 11 is 1.54. The predicted octanol–water partition coefficient (Wildman–Crippen LogP) is 2.48. The first kappa shape index (κ1) is 14.4. The van der Waals surface area contributed by atoms with E-state index in [9.17, 15) is 14.7 Å². The van der Waals surface area contributed by atoms with Crippen molar-refractivity contribution in [3.63, 3.8) is 0 Å². The molecular formula is C16H19NO3S. The largest absolute Gasteiger partial charge is 0.480 e. The molecule has 0 radical (unpaired) electrons. The zero-order valence-electron chi connectivity index (χ0n) is 12.0. The number of rotatable bonds is 3. The summed E-state index contributed by atoms with van der Waals surface area (Å²) in [4.78, 5) is 26.1. The Morgan fingerprint density at radius 2 is 1.95 bits per heavy atom. The van der Waals surface area contributed by atoms with Gasteiger partial charge in [0, 0.05) is 5.75 Å². The Hall–Kier alpha value is -1.49. The van der Waals surface area contributed by atoms with Crippen molar-refractivity contribution in [1.29, 1.82) is 0 Å². The maximum Gasteiger partial charge on any atom is 0.327 e. The van der Waals surface area contributed by atoms with E-state index in [1.54, 1.807) is 16.7 Å². The van der Waals surface area contributed by atoms with Gasteiger partial charge in [-0.1, -0.05) is 36.8 Å². The molecule has 1 aromatic rings. The molecule has 2 fully saturated rings. The van der Waals surface area contributed by atoms with Gasteiger partial charge in [0.25, 0.3) is 0 Å². The third-order valence-corrected chi connectivity index (χ3v) is 5.90. The minimum absolute atomic E-state index is 0.00940. The molecule has 1 aromatic carbocycles. The summed E-state index contributed by atoms with van der Waals surface area (Å²) in [5, 5.41) is 9.30. The van der Waals surface area contributed by atoms with Crippen molar-refractivity contribution < 1.29 is 14.7 Å². The van der Waals surface area contributed by atoms with Gasteiger partial charge in [0.05, 0.1) is 10.8 Å². The molecule has 3 rings (SSSR count). The van der Waals surface area contributed by atoms with E-state index in [0.29, 0.717) is 5.75 Å².